The summed E-state index contributed by atoms with van der Waals surface area (Å²) in [4.78, 5) is 38.2. The lowest BCUT2D eigenvalue weighted by atomic mass is 9.93. The van der Waals surface area contributed by atoms with Crippen LogP contribution in [0.5, 0.6) is 11.6 Å². The van der Waals surface area contributed by atoms with Crippen LogP contribution in [-0.4, -0.2) is 67.9 Å². The lowest BCUT2D eigenvalue weighted by molar-refractivity contribution is -0.141. The van der Waals surface area contributed by atoms with Crippen LogP contribution in [0.1, 0.15) is 32.7 Å². The zero-order valence-electron chi connectivity index (χ0n) is 24.1. The van der Waals surface area contributed by atoms with Gasteiger partial charge in [0.25, 0.3) is 0 Å². The van der Waals surface area contributed by atoms with Gasteiger partial charge >= 0.3 is 0 Å². The lowest BCUT2D eigenvalue weighted by Gasteiger charge is -2.39. The fraction of sp³-hybridized carbons (Fsp3) is 0.250. The number of hydrogen-bond acceptors (Lipinski definition) is 7. The number of rotatable bonds is 6. The molecule has 2 aliphatic heterocycles. The van der Waals surface area contributed by atoms with Gasteiger partial charge in [-0.25, -0.2) is 18.4 Å². The summed E-state index contributed by atoms with van der Waals surface area (Å²) in [6.07, 6.45) is 3.57. The van der Waals surface area contributed by atoms with Gasteiger partial charge in [-0.3, -0.25) is 9.59 Å². The number of ketones is 1. The number of anilines is 1. The number of aryl methyl sites for hydroxylation is 1. The second-order valence-corrected chi connectivity index (χ2v) is 11.4. The third-order valence-corrected chi connectivity index (χ3v) is 8.44. The Morgan fingerprint density at radius 2 is 1.86 bits per heavy atom. The third kappa shape index (κ3) is 4.67. The van der Waals surface area contributed by atoms with Crippen LogP contribution in [0, 0.1) is 24.5 Å². The number of aromatic nitrogens is 4. The molecule has 5 heterocycles. The van der Waals surface area contributed by atoms with E-state index in [1.807, 2.05) is 24.1 Å². The van der Waals surface area contributed by atoms with Crippen molar-refractivity contribution in [3.05, 3.63) is 94.4 Å². The molecule has 10 nitrogen and oxygen atoms in total. The van der Waals surface area contributed by atoms with Gasteiger partial charge in [-0.05, 0) is 61.3 Å². The molecule has 2 aliphatic rings. The topological polar surface area (TPSA) is 122 Å². The van der Waals surface area contributed by atoms with Crippen LogP contribution in [0.2, 0.25) is 0 Å². The van der Waals surface area contributed by atoms with E-state index in [0.29, 0.717) is 30.0 Å². The smallest absolute Gasteiger partial charge is 0.228 e. The number of amides is 1. The number of benzene rings is 2. The van der Waals surface area contributed by atoms with Crippen LogP contribution in [0.4, 0.5) is 14.6 Å². The molecule has 0 atom stereocenters. The van der Waals surface area contributed by atoms with E-state index in [1.54, 1.807) is 6.92 Å². The summed E-state index contributed by atoms with van der Waals surface area (Å²) in [6, 6.07) is 10.8. The molecular weight excluding hydrogens is 568 g/mol. The van der Waals surface area contributed by atoms with Crippen LogP contribution in [0.25, 0.3) is 16.6 Å². The molecule has 3 N–H and O–H groups in total. The van der Waals surface area contributed by atoms with Crippen molar-refractivity contribution in [1.82, 2.24) is 29.5 Å². The number of ether oxygens (including phenoxy) is 1. The molecule has 0 unspecified atom stereocenters. The number of halogens is 2. The molecule has 1 fully saturated rings. The SMILES string of the molecule is Cc1cc(Oc2c(F)cccc2F)ncc1-n1ncc(C(=O)c2cc3c4c(ccc3[nH]2)CCN(C(=O)C2CN(C)C2)C4)c1N. The predicted octanol–water partition coefficient (Wildman–Crippen LogP) is 4.39. The number of nitrogen functional groups attached to an aromatic ring is 1. The molecule has 224 valence electrons. The molecule has 12 heteroatoms. The van der Waals surface area contributed by atoms with Gasteiger partial charge in [-0.1, -0.05) is 12.1 Å². The van der Waals surface area contributed by atoms with Gasteiger partial charge < -0.3 is 25.3 Å². The second-order valence-electron chi connectivity index (χ2n) is 11.4. The van der Waals surface area contributed by atoms with Gasteiger partial charge in [0.15, 0.2) is 11.6 Å². The van der Waals surface area contributed by atoms with E-state index < -0.39 is 17.4 Å². The first kappa shape index (κ1) is 27.7. The van der Waals surface area contributed by atoms with Crippen molar-refractivity contribution in [1.29, 1.82) is 0 Å². The number of likely N-dealkylation sites (tertiary alicyclic amines) is 1. The van der Waals surface area contributed by atoms with Gasteiger partial charge in [0, 0.05) is 43.1 Å². The van der Waals surface area contributed by atoms with Crippen LogP contribution < -0.4 is 10.5 Å². The summed E-state index contributed by atoms with van der Waals surface area (Å²) in [6.45, 7) is 4.50. The number of aromatic amines is 1. The predicted molar refractivity (Wildman–Crippen MR) is 159 cm³/mol. The molecular formula is C32H29F2N7O3. The van der Waals surface area contributed by atoms with Crippen molar-refractivity contribution in [2.24, 2.45) is 5.92 Å². The third-order valence-electron chi connectivity index (χ3n) is 8.44. The molecule has 0 aliphatic carbocycles. The van der Waals surface area contributed by atoms with Crippen molar-refractivity contribution in [2.45, 2.75) is 19.9 Å². The van der Waals surface area contributed by atoms with E-state index >= 15 is 0 Å². The summed E-state index contributed by atoms with van der Waals surface area (Å²) in [5.41, 5.74) is 11.1. The zero-order chi connectivity index (χ0) is 30.7. The van der Waals surface area contributed by atoms with E-state index in [-0.39, 0.29) is 34.9 Å². The van der Waals surface area contributed by atoms with Crippen LogP contribution in [0.3, 0.4) is 0 Å². The maximum atomic E-state index is 14.0. The van der Waals surface area contributed by atoms with Gasteiger partial charge in [0.2, 0.25) is 23.3 Å². The van der Waals surface area contributed by atoms with E-state index in [1.165, 1.54) is 34.8 Å². The Hall–Kier alpha value is -5.10. The Morgan fingerprint density at radius 1 is 1.09 bits per heavy atom. The molecule has 7 rings (SSSR count). The normalized spacial score (nSPS) is 15.3. The maximum Gasteiger partial charge on any atom is 0.228 e. The van der Waals surface area contributed by atoms with Crippen molar-refractivity contribution in [2.75, 3.05) is 32.4 Å². The fourth-order valence-corrected chi connectivity index (χ4v) is 6.03. The Labute approximate surface area is 251 Å². The first-order valence-corrected chi connectivity index (χ1v) is 14.3. The monoisotopic (exact) mass is 597 g/mol. The maximum absolute atomic E-state index is 14.0. The minimum absolute atomic E-state index is 0.0148. The van der Waals surface area contributed by atoms with Gasteiger partial charge in [-0.15, -0.1) is 0 Å². The summed E-state index contributed by atoms with van der Waals surface area (Å²) < 4.78 is 34.8. The highest BCUT2D eigenvalue weighted by Gasteiger charge is 2.35. The number of carbonyl (C=O) groups is 2. The molecule has 2 aromatic carbocycles. The first-order chi connectivity index (χ1) is 21.2. The molecule has 0 spiro atoms. The number of hydrogen-bond donors (Lipinski definition) is 2. The Kier molecular flexibility index (Phi) is 6.65. The average molecular weight is 598 g/mol. The van der Waals surface area contributed by atoms with E-state index in [2.05, 4.69) is 26.0 Å². The highest BCUT2D eigenvalue weighted by atomic mass is 19.1. The highest BCUT2D eigenvalue weighted by Crippen LogP contribution is 2.32. The number of nitrogens with two attached hydrogens (primary N) is 1. The highest BCUT2D eigenvalue weighted by molar-refractivity contribution is 6.12. The van der Waals surface area contributed by atoms with Crippen LogP contribution >= 0.6 is 0 Å². The van der Waals surface area contributed by atoms with Crippen molar-refractivity contribution in [3.63, 3.8) is 0 Å². The minimum Gasteiger partial charge on any atom is -0.433 e. The largest absolute Gasteiger partial charge is 0.433 e. The van der Waals surface area contributed by atoms with Crippen molar-refractivity contribution < 1.29 is 23.1 Å². The number of H-pyrrole nitrogens is 1. The standard InChI is InChI=1S/C32H29F2N7O3/c1-17-10-28(44-30-23(33)4-3-5-24(30)34)36-13-27(17)41-31(35)21(12-37-41)29(42)26-11-20-22-16-40(32(43)19-14-39(2)15-19)9-8-18(22)6-7-25(20)38-26/h3-7,10-13,19,38H,8-9,14-16,35H2,1-2H3. The van der Waals surface area contributed by atoms with Crippen LogP contribution in [0.15, 0.2) is 54.9 Å². The van der Waals surface area contributed by atoms with E-state index in [0.717, 1.165) is 48.1 Å². The number of nitrogens with one attached hydrogen (secondary N) is 1. The van der Waals surface area contributed by atoms with Crippen LogP contribution in [-0.2, 0) is 17.8 Å². The Bertz CT molecular complexity index is 1940. The van der Waals surface area contributed by atoms with Crippen molar-refractivity contribution >= 4 is 28.4 Å². The summed E-state index contributed by atoms with van der Waals surface area (Å²) in [5, 5.41) is 5.24. The number of fused-ring (bicyclic) bond motifs is 3. The molecule has 44 heavy (non-hydrogen) atoms. The number of carbonyl (C=O) groups excluding carboxylic acids is 2. The Morgan fingerprint density at radius 3 is 2.59 bits per heavy atom. The molecule has 0 bridgehead atoms. The van der Waals surface area contributed by atoms with E-state index in [4.69, 9.17) is 10.5 Å². The Balaban J connectivity index is 1.14. The zero-order valence-corrected chi connectivity index (χ0v) is 24.1. The molecule has 1 amide bonds. The first-order valence-electron chi connectivity index (χ1n) is 14.3. The van der Waals surface area contributed by atoms with Gasteiger partial charge in [0.1, 0.15) is 5.82 Å². The molecule has 1 saturated heterocycles. The van der Waals surface area contributed by atoms with Gasteiger partial charge in [-0.2, -0.15) is 5.10 Å². The van der Waals surface area contributed by atoms with Crippen molar-refractivity contribution in [3.8, 4) is 17.3 Å². The minimum atomic E-state index is -0.849. The lowest BCUT2D eigenvalue weighted by Crippen LogP contribution is -2.53. The number of para-hydroxylation sites is 1. The molecule has 3 aromatic heterocycles. The summed E-state index contributed by atoms with van der Waals surface area (Å²) in [5.74, 6) is -2.27. The molecule has 5 aromatic rings. The summed E-state index contributed by atoms with van der Waals surface area (Å²) >= 11 is 0. The quantitative estimate of drug-likeness (QED) is 0.279. The average Bonchev–Trinajstić information content (AvgIpc) is 3.61. The number of pyridine rings is 1. The molecule has 0 saturated carbocycles. The fourth-order valence-electron chi connectivity index (χ4n) is 6.03. The summed E-state index contributed by atoms with van der Waals surface area (Å²) in [7, 11) is 2.01. The molecule has 0 radical (unpaired) electrons. The van der Waals surface area contributed by atoms with E-state index in [9.17, 15) is 18.4 Å². The van der Waals surface area contributed by atoms with Gasteiger partial charge in [0.05, 0.1) is 35.3 Å². The number of nitrogens with zero attached hydrogens (tertiary/aromatic N) is 5. The second kappa shape index (κ2) is 10.6.